The summed E-state index contributed by atoms with van der Waals surface area (Å²) < 4.78 is 46.0. The molecule has 0 aromatic heterocycles. The van der Waals surface area contributed by atoms with E-state index in [2.05, 4.69) is 4.74 Å². The van der Waals surface area contributed by atoms with Crippen molar-refractivity contribution in [1.29, 1.82) is 0 Å². The Morgan fingerprint density at radius 1 is 1.20 bits per heavy atom. The smallest absolute Gasteiger partial charge is 0.480 e. The fraction of sp³-hybridized carbons (Fsp3) is 0.278. The van der Waals surface area contributed by atoms with Gasteiger partial charge in [0.1, 0.15) is 11.5 Å². The SMILES string of the molecule is CN(Cc1ccc(OC(F)(F)F)cc1)C(=O)C1Cc2ccccc2O1. The Kier molecular flexibility index (Phi) is 4.57. The van der Waals surface area contributed by atoms with Gasteiger partial charge in [-0.1, -0.05) is 30.3 Å². The maximum atomic E-state index is 12.5. The number of benzene rings is 2. The van der Waals surface area contributed by atoms with Crippen molar-refractivity contribution in [3.05, 3.63) is 59.7 Å². The van der Waals surface area contributed by atoms with Crippen LogP contribution in [0.25, 0.3) is 0 Å². The van der Waals surface area contributed by atoms with Crippen LogP contribution in [0.1, 0.15) is 11.1 Å². The summed E-state index contributed by atoms with van der Waals surface area (Å²) in [6.07, 6.45) is -4.78. The van der Waals surface area contributed by atoms with Gasteiger partial charge in [0, 0.05) is 20.0 Å². The Balaban J connectivity index is 1.59. The van der Waals surface area contributed by atoms with Gasteiger partial charge in [-0.3, -0.25) is 4.79 Å². The van der Waals surface area contributed by atoms with E-state index in [1.165, 1.54) is 29.2 Å². The van der Waals surface area contributed by atoms with Crippen molar-refractivity contribution >= 4 is 5.91 Å². The van der Waals surface area contributed by atoms with Crippen LogP contribution < -0.4 is 9.47 Å². The van der Waals surface area contributed by atoms with Gasteiger partial charge in [0.05, 0.1) is 0 Å². The number of para-hydroxylation sites is 1. The minimum absolute atomic E-state index is 0.174. The molecule has 0 N–H and O–H groups in total. The predicted octanol–water partition coefficient (Wildman–Crippen LogP) is 3.55. The third-order valence-electron chi connectivity index (χ3n) is 3.88. The molecule has 0 bridgehead atoms. The molecule has 3 rings (SSSR count). The average molecular weight is 351 g/mol. The standard InChI is InChI=1S/C18H16F3NO3/c1-22(11-12-6-8-14(9-7-12)25-18(19,20)21)17(23)16-10-13-4-2-3-5-15(13)24-16/h2-9,16H,10-11H2,1H3. The van der Waals surface area contributed by atoms with Crippen LogP contribution in [0, 0.1) is 0 Å². The molecular weight excluding hydrogens is 335 g/mol. The molecule has 0 fully saturated rings. The Bertz CT molecular complexity index is 734. The second-order valence-corrected chi connectivity index (χ2v) is 5.80. The van der Waals surface area contributed by atoms with Gasteiger partial charge in [0.2, 0.25) is 0 Å². The summed E-state index contributed by atoms with van der Waals surface area (Å²) in [7, 11) is 1.63. The number of halogens is 3. The van der Waals surface area contributed by atoms with E-state index >= 15 is 0 Å². The van der Waals surface area contributed by atoms with Crippen molar-refractivity contribution in [2.45, 2.75) is 25.4 Å². The molecule has 1 amide bonds. The van der Waals surface area contributed by atoms with E-state index in [0.717, 1.165) is 5.56 Å². The lowest BCUT2D eigenvalue weighted by atomic mass is 10.1. The Hall–Kier alpha value is -2.70. The second kappa shape index (κ2) is 6.66. The quantitative estimate of drug-likeness (QED) is 0.846. The molecule has 1 aliphatic rings. The normalized spacial score (nSPS) is 16.1. The van der Waals surface area contributed by atoms with Gasteiger partial charge < -0.3 is 14.4 Å². The Morgan fingerprint density at radius 3 is 2.52 bits per heavy atom. The summed E-state index contributed by atoms with van der Waals surface area (Å²) in [6.45, 7) is 0.265. The molecule has 1 aliphatic heterocycles. The molecule has 25 heavy (non-hydrogen) atoms. The number of alkyl halides is 3. The van der Waals surface area contributed by atoms with Crippen molar-refractivity contribution in [1.82, 2.24) is 4.90 Å². The van der Waals surface area contributed by atoms with Gasteiger partial charge in [-0.05, 0) is 29.3 Å². The topological polar surface area (TPSA) is 38.8 Å². The zero-order valence-corrected chi connectivity index (χ0v) is 13.4. The van der Waals surface area contributed by atoms with Crippen molar-refractivity contribution in [2.24, 2.45) is 0 Å². The van der Waals surface area contributed by atoms with E-state index in [9.17, 15) is 18.0 Å². The Morgan fingerprint density at radius 2 is 1.88 bits per heavy atom. The van der Waals surface area contributed by atoms with Crippen LogP contribution in [-0.2, 0) is 17.8 Å². The van der Waals surface area contributed by atoms with E-state index in [4.69, 9.17) is 4.74 Å². The predicted molar refractivity (Wildman–Crippen MR) is 84.2 cm³/mol. The molecule has 4 nitrogen and oxygen atoms in total. The molecular formula is C18H16F3NO3. The highest BCUT2D eigenvalue weighted by Crippen LogP contribution is 2.29. The van der Waals surface area contributed by atoms with Crippen LogP contribution in [-0.4, -0.2) is 30.3 Å². The third-order valence-corrected chi connectivity index (χ3v) is 3.88. The molecule has 132 valence electrons. The van der Waals surface area contributed by atoms with Crippen LogP contribution in [0.3, 0.4) is 0 Å². The molecule has 0 spiro atoms. The van der Waals surface area contributed by atoms with Gasteiger partial charge in [-0.2, -0.15) is 0 Å². The second-order valence-electron chi connectivity index (χ2n) is 5.80. The zero-order chi connectivity index (χ0) is 18.0. The minimum Gasteiger partial charge on any atom is -0.480 e. The lowest BCUT2D eigenvalue weighted by molar-refractivity contribution is -0.274. The maximum Gasteiger partial charge on any atom is 0.573 e. The number of likely N-dealkylation sites (N-methyl/N-ethyl adjacent to an activating group) is 1. The molecule has 1 atom stereocenters. The number of nitrogens with zero attached hydrogens (tertiary/aromatic N) is 1. The van der Waals surface area contributed by atoms with Gasteiger partial charge in [-0.25, -0.2) is 0 Å². The number of amides is 1. The van der Waals surface area contributed by atoms with E-state index in [0.29, 0.717) is 17.7 Å². The van der Waals surface area contributed by atoms with Crippen molar-refractivity contribution in [2.75, 3.05) is 7.05 Å². The van der Waals surface area contributed by atoms with Crippen molar-refractivity contribution in [3.8, 4) is 11.5 Å². The molecule has 7 heteroatoms. The van der Waals surface area contributed by atoms with Gasteiger partial charge in [-0.15, -0.1) is 13.2 Å². The molecule has 2 aromatic carbocycles. The Labute approximate surface area is 142 Å². The highest BCUT2D eigenvalue weighted by Gasteiger charge is 2.32. The maximum absolute atomic E-state index is 12.5. The summed E-state index contributed by atoms with van der Waals surface area (Å²) >= 11 is 0. The first-order valence-electron chi connectivity index (χ1n) is 7.66. The molecule has 0 saturated carbocycles. The van der Waals surface area contributed by atoms with Crippen LogP contribution in [0.2, 0.25) is 0 Å². The minimum atomic E-state index is -4.72. The van der Waals surface area contributed by atoms with E-state index < -0.39 is 12.5 Å². The van der Waals surface area contributed by atoms with Crippen molar-refractivity contribution in [3.63, 3.8) is 0 Å². The number of ether oxygens (including phenoxy) is 2. The molecule has 0 aliphatic carbocycles. The van der Waals surface area contributed by atoms with Crippen LogP contribution >= 0.6 is 0 Å². The zero-order valence-electron chi connectivity index (χ0n) is 13.4. The third kappa shape index (κ3) is 4.23. The summed E-state index contributed by atoms with van der Waals surface area (Å²) in [4.78, 5) is 14.0. The fourth-order valence-corrected chi connectivity index (χ4v) is 2.71. The molecule has 2 aromatic rings. The number of carbonyl (C=O) groups is 1. The van der Waals surface area contributed by atoms with Crippen LogP contribution in [0.15, 0.2) is 48.5 Å². The number of carbonyl (C=O) groups excluding carboxylic acids is 1. The summed E-state index contributed by atoms with van der Waals surface area (Å²) in [5.74, 6) is 0.245. The lowest BCUT2D eigenvalue weighted by Crippen LogP contribution is -2.38. The number of hydrogen-bond acceptors (Lipinski definition) is 3. The molecule has 0 radical (unpaired) electrons. The van der Waals surface area contributed by atoms with Crippen LogP contribution in [0.4, 0.5) is 13.2 Å². The number of rotatable bonds is 4. The van der Waals surface area contributed by atoms with E-state index in [1.54, 1.807) is 7.05 Å². The molecule has 1 heterocycles. The van der Waals surface area contributed by atoms with Crippen LogP contribution in [0.5, 0.6) is 11.5 Å². The lowest BCUT2D eigenvalue weighted by Gasteiger charge is -2.21. The first-order chi connectivity index (χ1) is 11.8. The van der Waals surface area contributed by atoms with E-state index in [-0.39, 0.29) is 18.2 Å². The van der Waals surface area contributed by atoms with Crippen molar-refractivity contribution < 1.29 is 27.4 Å². The highest BCUT2D eigenvalue weighted by atomic mass is 19.4. The summed E-state index contributed by atoms with van der Waals surface area (Å²) in [6, 6.07) is 12.9. The largest absolute Gasteiger partial charge is 0.573 e. The average Bonchev–Trinajstić information content (AvgIpc) is 2.98. The molecule has 1 unspecified atom stereocenters. The number of fused-ring (bicyclic) bond motifs is 1. The highest BCUT2D eigenvalue weighted by molar-refractivity contribution is 5.82. The first kappa shape index (κ1) is 17.1. The van der Waals surface area contributed by atoms with Gasteiger partial charge in [0.25, 0.3) is 5.91 Å². The number of hydrogen-bond donors (Lipinski definition) is 0. The summed E-state index contributed by atoms with van der Waals surface area (Å²) in [5, 5.41) is 0. The summed E-state index contributed by atoms with van der Waals surface area (Å²) in [5.41, 5.74) is 1.68. The first-order valence-corrected chi connectivity index (χ1v) is 7.66. The van der Waals surface area contributed by atoms with Gasteiger partial charge in [0.15, 0.2) is 6.10 Å². The fourth-order valence-electron chi connectivity index (χ4n) is 2.71. The van der Waals surface area contributed by atoms with E-state index in [1.807, 2.05) is 24.3 Å². The van der Waals surface area contributed by atoms with Gasteiger partial charge >= 0.3 is 6.36 Å². The monoisotopic (exact) mass is 351 g/mol. The molecule has 0 saturated heterocycles.